The summed E-state index contributed by atoms with van der Waals surface area (Å²) in [6, 6.07) is 30.3. The topological polar surface area (TPSA) is 63.1 Å². The van der Waals surface area contributed by atoms with E-state index in [-0.39, 0.29) is 55.2 Å². The number of hydrogen-bond acceptors (Lipinski definition) is 4. The maximum atomic E-state index is 11.9. The molecule has 0 saturated carbocycles. The largest absolute Gasteiger partial charge is 0.512 e. The van der Waals surface area contributed by atoms with Gasteiger partial charge in [0, 0.05) is 49.9 Å². The molecule has 0 fully saturated rings. The first-order valence-corrected chi connectivity index (χ1v) is 21.1. The summed E-state index contributed by atoms with van der Waals surface area (Å²) in [6.07, 6.45) is 6.74. The summed E-state index contributed by atoms with van der Waals surface area (Å²) >= 11 is 0. The van der Waals surface area contributed by atoms with Gasteiger partial charge in [-0.05, 0) is 93.7 Å². The predicted molar refractivity (Wildman–Crippen MR) is 248 cm³/mol. The van der Waals surface area contributed by atoms with Crippen molar-refractivity contribution in [1.82, 2.24) is 9.97 Å². The van der Waals surface area contributed by atoms with Crippen molar-refractivity contribution in [2.45, 2.75) is 128 Å². The van der Waals surface area contributed by atoms with E-state index in [1.54, 1.807) is 0 Å². The summed E-state index contributed by atoms with van der Waals surface area (Å²) < 4.78 is 16.3. The smallest absolute Gasteiger partial charge is 0.162 e. The second-order valence-electron chi connectivity index (χ2n) is 16.7. The Bertz CT molecular complexity index is 2420. The van der Waals surface area contributed by atoms with E-state index in [9.17, 15) is 9.90 Å². The molecule has 4 aromatic carbocycles. The molecule has 2 aromatic heterocycles. The molecule has 315 valence electrons. The number of hydrogen-bond donors (Lipinski definition) is 1. The summed E-state index contributed by atoms with van der Waals surface area (Å²) in [6.45, 7) is 27.1. The average Bonchev–Trinajstić information content (AvgIpc) is 3.21. The molecule has 0 aliphatic heterocycles. The first kappa shape index (κ1) is 45.6. The molecule has 0 saturated heterocycles. The molecule has 59 heavy (non-hydrogen) atoms. The van der Waals surface area contributed by atoms with Gasteiger partial charge in [0.15, 0.2) is 5.78 Å². The van der Waals surface area contributed by atoms with E-state index in [4.69, 9.17) is 2.74 Å². The molecule has 0 bridgehead atoms. The summed E-state index contributed by atoms with van der Waals surface area (Å²) in [5.41, 5.74) is 10.6. The number of aliphatic hydroxyl groups excluding tert-OH is 1. The predicted octanol–water partition coefficient (Wildman–Crippen LogP) is 15.1. The van der Waals surface area contributed by atoms with Gasteiger partial charge in [-0.25, -0.2) is 0 Å². The van der Waals surface area contributed by atoms with Crippen LogP contribution in [0.15, 0.2) is 97.0 Å². The van der Waals surface area contributed by atoms with Crippen LogP contribution in [-0.4, -0.2) is 20.9 Å². The molecule has 1 radical (unpaired) electrons. The van der Waals surface area contributed by atoms with Crippen molar-refractivity contribution in [3.63, 3.8) is 0 Å². The standard InChI is InChI=1S/2C20H20N.C14H26O2.Ir/c2*1-13(2)16-5-6-19-17(12-16)7-8-21-20(19)18-10-14(3)9-15(4)11-18;1-6-11(7-2)12(15)10-13(16)14(5,8-3)9-4;/h2*5-10,12-13H,1-4H3;10-11,16H,6-9H2,1-5H3;/q2*-1;;/b;;13-10-;/i7D,8D;;;. The fraction of sp³-hybridized carbons (Fsp3) is 0.389. The van der Waals surface area contributed by atoms with Crippen LogP contribution in [0.5, 0.6) is 0 Å². The zero-order valence-corrected chi connectivity index (χ0v) is 40.0. The van der Waals surface area contributed by atoms with E-state index in [1.165, 1.54) is 33.5 Å². The molecule has 0 amide bonds. The number of aliphatic hydroxyl groups is 1. The van der Waals surface area contributed by atoms with Crippen molar-refractivity contribution in [2.75, 3.05) is 0 Å². The maximum Gasteiger partial charge on any atom is 0.162 e. The van der Waals surface area contributed by atoms with Gasteiger partial charge < -0.3 is 15.1 Å². The zero-order valence-electron chi connectivity index (χ0n) is 39.6. The normalized spacial score (nSPS) is 12.1. The minimum absolute atomic E-state index is 0. The quantitative estimate of drug-likeness (QED) is 0.0798. The van der Waals surface area contributed by atoms with Crippen LogP contribution in [0.1, 0.15) is 136 Å². The number of carbonyl (C=O) groups excluding carboxylic acids is 1. The number of pyridine rings is 2. The molecule has 0 aliphatic rings. The van der Waals surface area contributed by atoms with Crippen LogP contribution < -0.4 is 0 Å². The molecule has 1 N–H and O–H groups in total. The number of fused-ring (bicyclic) bond motifs is 2. The van der Waals surface area contributed by atoms with Gasteiger partial charge >= 0.3 is 0 Å². The number of rotatable bonds is 11. The second-order valence-corrected chi connectivity index (χ2v) is 16.7. The SMILES string of the molecule is CCC(CC)C(=O)/C=C(\O)C(C)(CC)CC.Cc1[c-]c(-c2nccc3cc(C(C)C)ccc23)cc(C)c1.[2H]c1nc(-c2[c-]c(C)cc(C)c2)c2ccc(C(C)C)cc2c1[2H].[Ir]. The number of nitrogens with zero attached hydrogens (tertiary/aromatic N) is 2. The van der Waals surface area contributed by atoms with Gasteiger partial charge in [-0.2, -0.15) is 0 Å². The molecule has 6 rings (SSSR count). The van der Waals surface area contributed by atoms with Crippen LogP contribution in [0.2, 0.25) is 0 Å². The molecule has 0 atom stereocenters. The monoisotopic (exact) mass is 969 g/mol. The van der Waals surface area contributed by atoms with Crippen LogP contribution in [0, 0.1) is 51.2 Å². The van der Waals surface area contributed by atoms with Gasteiger partial charge in [-0.3, -0.25) is 4.79 Å². The van der Waals surface area contributed by atoms with Gasteiger partial charge in [0.25, 0.3) is 0 Å². The van der Waals surface area contributed by atoms with Crippen molar-refractivity contribution in [3.05, 3.63) is 142 Å². The first-order chi connectivity index (χ1) is 28.4. The molecule has 0 unspecified atom stereocenters. The molecular weight excluding hydrogens is 901 g/mol. The Balaban J connectivity index is 0.000000247. The molecule has 0 aliphatic carbocycles. The van der Waals surface area contributed by atoms with Gasteiger partial charge in [0.2, 0.25) is 0 Å². The Morgan fingerprint density at radius 3 is 1.66 bits per heavy atom. The number of ketones is 1. The Kier molecular flexibility index (Phi) is 17.2. The summed E-state index contributed by atoms with van der Waals surface area (Å²) in [7, 11) is 0. The van der Waals surface area contributed by atoms with Crippen molar-refractivity contribution < 1.29 is 32.7 Å². The minimum atomic E-state index is -0.248. The molecule has 5 heteroatoms. The van der Waals surface area contributed by atoms with Crippen LogP contribution in [0.3, 0.4) is 0 Å². The molecule has 0 spiro atoms. The van der Waals surface area contributed by atoms with Gasteiger partial charge in [0.1, 0.15) is 5.76 Å². The van der Waals surface area contributed by atoms with Crippen molar-refractivity contribution >= 4 is 27.3 Å². The summed E-state index contributed by atoms with van der Waals surface area (Å²) in [5, 5.41) is 14.2. The van der Waals surface area contributed by atoms with E-state index < -0.39 is 0 Å². The van der Waals surface area contributed by atoms with Crippen LogP contribution in [-0.2, 0) is 24.9 Å². The Morgan fingerprint density at radius 1 is 0.729 bits per heavy atom. The molecule has 6 aromatic rings. The van der Waals surface area contributed by atoms with Crippen LogP contribution in [0.4, 0.5) is 0 Å². The third-order valence-electron chi connectivity index (χ3n) is 11.4. The molecule has 4 nitrogen and oxygen atoms in total. The molecular formula is C54H66IrN2O2-2. The Morgan fingerprint density at radius 2 is 1.20 bits per heavy atom. The Labute approximate surface area is 372 Å². The van der Waals surface area contributed by atoms with Crippen molar-refractivity contribution in [1.29, 1.82) is 0 Å². The summed E-state index contributed by atoms with van der Waals surface area (Å²) in [5.74, 6) is 1.29. The van der Waals surface area contributed by atoms with Crippen LogP contribution >= 0.6 is 0 Å². The third kappa shape index (κ3) is 12.8. The second kappa shape index (κ2) is 22.2. The van der Waals surface area contributed by atoms with E-state index >= 15 is 0 Å². The van der Waals surface area contributed by atoms with Crippen molar-refractivity contribution in [2.24, 2.45) is 11.3 Å². The fourth-order valence-corrected chi connectivity index (χ4v) is 7.19. The third-order valence-corrected chi connectivity index (χ3v) is 11.4. The van der Waals surface area contributed by atoms with Crippen molar-refractivity contribution in [3.8, 4) is 22.5 Å². The maximum absolute atomic E-state index is 11.9. The number of aryl methyl sites for hydroxylation is 4. The minimum Gasteiger partial charge on any atom is -0.512 e. The molecule has 2 heterocycles. The van der Waals surface area contributed by atoms with E-state index in [1.807, 2.05) is 72.9 Å². The number of carbonyl (C=O) groups is 1. The first-order valence-electron chi connectivity index (χ1n) is 22.1. The number of allylic oxidation sites excluding steroid dienone is 2. The van der Waals surface area contributed by atoms with Crippen LogP contribution in [0.25, 0.3) is 44.1 Å². The van der Waals surface area contributed by atoms with Gasteiger partial charge in [-0.1, -0.05) is 126 Å². The summed E-state index contributed by atoms with van der Waals surface area (Å²) in [4.78, 5) is 20.8. The zero-order chi connectivity index (χ0) is 44.5. The van der Waals surface area contributed by atoms with Gasteiger partial charge in [0.05, 0.1) is 2.74 Å². The van der Waals surface area contributed by atoms with E-state index in [2.05, 4.69) is 112 Å². The number of benzene rings is 4. The number of aromatic nitrogens is 2. The average molecular weight is 969 g/mol. The van der Waals surface area contributed by atoms with E-state index in [0.29, 0.717) is 11.8 Å². The van der Waals surface area contributed by atoms with Gasteiger partial charge in [-0.15, -0.1) is 69.8 Å². The fourth-order valence-electron chi connectivity index (χ4n) is 7.19. The Hall–Kier alpha value is -4.44. The van der Waals surface area contributed by atoms with E-state index in [0.717, 1.165) is 75.7 Å².